The van der Waals surface area contributed by atoms with Crippen LogP contribution in [0.25, 0.3) is 0 Å². The molecule has 1 amide bonds. The number of Topliss-reactive ketones (excluding diaryl/α,β-unsaturated/α-hetero) is 1. The predicted octanol–water partition coefficient (Wildman–Crippen LogP) is 1.85. The SMILES string of the molecule is CC(=O)c1ccn(CC(=O)NC(C)C(C)C)c1. The molecule has 0 saturated heterocycles. The van der Waals surface area contributed by atoms with Gasteiger partial charge in [-0.3, -0.25) is 9.59 Å². The van der Waals surface area contributed by atoms with Gasteiger partial charge in [0, 0.05) is 24.0 Å². The van der Waals surface area contributed by atoms with E-state index in [4.69, 9.17) is 0 Å². The Bertz CT molecular complexity index is 407. The van der Waals surface area contributed by atoms with E-state index in [2.05, 4.69) is 19.2 Å². The molecule has 1 rings (SSSR count). The molecule has 1 aromatic rings. The highest BCUT2D eigenvalue weighted by Crippen LogP contribution is 2.03. The van der Waals surface area contributed by atoms with E-state index in [1.165, 1.54) is 6.92 Å². The number of carbonyl (C=O) groups excluding carboxylic acids is 2. The first-order valence-corrected chi connectivity index (χ1v) is 5.86. The number of rotatable bonds is 5. The van der Waals surface area contributed by atoms with E-state index in [-0.39, 0.29) is 24.3 Å². The highest BCUT2D eigenvalue weighted by molar-refractivity contribution is 5.93. The van der Waals surface area contributed by atoms with Crippen LogP contribution in [0.1, 0.15) is 38.1 Å². The van der Waals surface area contributed by atoms with E-state index in [0.29, 0.717) is 11.5 Å². The van der Waals surface area contributed by atoms with Gasteiger partial charge < -0.3 is 9.88 Å². The average Bonchev–Trinajstić information content (AvgIpc) is 2.65. The summed E-state index contributed by atoms with van der Waals surface area (Å²) in [5, 5.41) is 2.92. The summed E-state index contributed by atoms with van der Waals surface area (Å²) in [5.41, 5.74) is 0.634. The second kappa shape index (κ2) is 5.66. The highest BCUT2D eigenvalue weighted by Gasteiger charge is 2.11. The van der Waals surface area contributed by atoms with Crippen LogP contribution in [0.4, 0.5) is 0 Å². The smallest absolute Gasteiger partial charge is 0.240 e. The summed E-state index contributed by atoms with van der Waals surface area (Å²) < 4.78 is 1.72. The molecule has 1 N–H and O–H groups in total. The number of carbonyl (C=O) groups is 2. The highest BCUT2D eigenvalue weighted by atomic mass is 16.2. The first-order valence-electron chi connectivity index (χ1n) is 5.86. The van der Waals surface area contributed by atoms with E-state index >= 15 is 0 Å². The molecule has 1 heterocycles. The first-order chi connectivity index (χ1) is 7.90. The standard InChI is InChI=1S/C13H20N2O2/c1-9(2)10(3)14-13(17)8-15-6-5-12(7-15)11(4)16/h5-7,9-10H,8H2,1-4H3,(H,14,17). The van der Waals surface area contributed by atoms with Gasteiger partial charge in [0.15, 0.2) is 5.78 Å². The van der Waals surface area contributed by atoms with Crippen LogP contribution >= 0.6 is 0 Å². The predicted molar refractivity (Wildman–Crippen MR) is 66.9 cm³/mol. The molecule has 17 heavy (non-hydrogen) atoms. The fourth-order valence-electron chi connectivity index (χ4n) is 1.38. The lowest BCUT2D eigenvalue weighted by molar-refractivity contribution is -0.122. The monoisotopic (exact) mass is 236 g/mol. The third kappa shape index (κ3) is 4.06. The fourth-order valence-corrected chi connectivity index (χ4v) is 1.38. The van der Waals surface area contributed by atoms with Gasteiger partial charge in [0.25, 0.3) is 0 Å². The van der Waals surface area contributed by atoms with Crippen LogP contribution in [0.3, 0.4) is 0 Å². The number of amides is 1. The van der Waals surface area contributed by atoms with Crippen molar-refractivity contribution in [2.45, 2.75) is 40.3 Å². The molecular weight excluding hydrogens is 216 g/mol. The lowest BCUT2D eigenvalue weighted by atomic mass is 10.1. The lowest BCUT2D eigenvalue weighted by Crippen LogP contribution is -2.37. The summed E-state index contributed by atoms with van der Waals surface area (Å²) in [5.74, 6) is 0.396. The Balaban J connectivity index is 2.53. The minimum Gasteiger partial charge on any atom is -0.352 e. The molecule has 0 bridgehead atoms. The summed E-state index contributed by atoms with van der Waals surface area (Å²) in [7, 11) is 0. The van der Waals surface area contributed by atoms with Gasteiger partial charge in [0.1, 0.15) is 6.54 Å². The van der Waals surface area contributed by atoms with Gasteiger partial charge in [-0.15, -0.1) is 0 Å². The molecule has 4 heteroatoms. The van der Waals surface area contributed by atoms with Gasteiger partial charge >= 0.3 is 0 Å². The van der Waals surface area contributed by atoms with Crippen LogP contribution in [-0.2, 0) is 11.3 Å². The van der Waals surface area contributed by atoms with Crippen molar-refractivity contribution in [1.82, 2.24) is 9.88 Å². The van der Waals surface area contributed by atoms with Gasteiger partial charge in [-0.1, -0.05) is 13.8 Å². The summed E-state index contributed by atoms with van der Waals surface area (Å²) in [6, 6.07) is 1.88. The second-order valence-electron chi connectivity index (χ2n) is 4.73. The Hall–Kier alpha value is -1.58. The zero-order valence-corrected chi connectivity index (χ0v) is 10.9. The van der Waals surface area contributed by atoms with Gasteiger partial charge in [-0.25, -0.2) is 0 Å². The average molecular weight is 236 g/mol. The molecule has 1 atom stereocenters. The molecule has 0 aliphatic rings. The van der Waals surface area contributed by atoms with E-state index in [1.54, 1.807) is 23.0 Å². The zero-order chi connectivity index (χ0) is 13.0. The molecule has 0 spiro atoms. The molecular formula is C13H20N2O2. The van der Waals surface area contributed by atoms with Crippen molar-refractivity contribution >= 4 is 11.7 Å². The summed E-state index contributed by atoms with van der Waals surface area (Å²) >= 11 is 0. The number of nitrogens with one attached hydrogen (secondary N) is 1. The quantitative estimate of drug-likeness (QED) is 0.793. The van der Waals surface area contributed by atoms with Crippen molar-refractivity contribution in [3.63, 3.8) is 0 Å². The maximum Gasteiger partial charge on any atom is 0.240 e. The Morgan fingerprint density at radius 1 is 1.35 bits per heavy atom. The zero-order valence-electron chi connectivity index (χ0n) is 10.9. The van der Waals surface area contributed by atoms with Crippen molar-refractivity contribution < 1.29 is 9.59 Å². The molecule has 94 valence electrons. The molecule has 1 aromatic heterocycles. The molecule has 0 saturated carbocycles. The van der Waals surface area contributed by atoms with E-state index in [9.17, 15) is 9.59 Å². The Morgan fingerprint density at radius 2 is 2.00 bits per heavy atom. The molecule has 0 aromatic carbocycles. The van der Waals surface area contributed by atoms with Crippen molar-refractivity contribution in [3.05, 3.63) is 24.0 Å². The lowest BCUT2D eigenvalue weighted by Gasteiger charge is -2.17. The Morgan fingerprint density at radius 3 is 2.47 bits per heavy atom. The summed E-state index contributed by atoms with van der Waals surface area (Å²) in [6.45, 7) is 7.88. The second-order valence-corrected chi connectivity index (χ2v) is 4.73. The van der Waals surface area contributed by atoms with Crippen molar-refractivity contribution in [2.75, 3.05) is 0 Å². The maximum absolute atomic E-state index is 11.7. The minimum atomic E-state index is -0.0306. The van der Waals surface area contributed by atoms with Crippen LogP contribution < -0.4 is 5.32 Å². The van der Waals surface area contributed by atoms with Gasteiger partial charge in [-0.2, -0.15) is 0 Å². The van der Waals surface area contributed by atoms with E-state index < -0.39 is 0 Å². The molecule has 0 aliphatic carbocycles. The van der Waals surface area contributed by atoms with Gasteiger partial charge in [0.2, 0.25) is 5.91 Å². The molecule has 0 radical (unpaired) electrons. The minimum absolute atomic E-state index is 0.0136. The largest absolute Gasteiger partial charge is 0.352 e. The van der Waals surface area contributed by atoms with Crippen LogP contribution in [0.5, 0.6) is 0 Å². The third-order valence-electron chi connectivity index (χ3n) is 2.87. The molecule has 0 fully saturated rings. The van der Waals surface area contributed by atoms with E-state index in [0.717, 1.165) is 0 Å². The maximum atomic E-state index is 11.7. The van der Waals surface area contributed by atoms with Crippen LogP contribution in [0.2, 0.25) is 0 Å². The van der Waals surface area contributed by atoms with Crippen molar-refractivity contribution in [3.8, 4) is 0 Å². The topological polar surface area (TPSA) is 51.1 Å². The van der Waals surface area contributed by atoms with Gasteiger partial charge in [0.05, 0.1) is 0 Å². The number of hydrogen-bond acceptors (Lipinski definition) is 2. The van der Waals surface area contributed by atoms with Crippen molar-refractivity contribution in [1.29, 1.82) is 0 Å². The molecule has 4 nitrogen and oxygen atoms in total. The summed E-state index contributed by atoms with van der Waals surface area (Å²) in [6.07, 6.45) is 3.44. The fraction of sp³-hybridized carbons (Fsp3) is 0.538. The van der Waals surface area contributed by atoms with Crippen molar-refractivity contribution in [2.24, 2.45) is 5.92 Å². The van der Waals surface area contributed by atoms with Gasteiger partial charge in [-0.05, 0) is 25.8 Å². The number of aromatic nitrogens is 1. The Labute approximate surface area is 102 Å². The molecule has 1 unspecified atom stereocenters. The molecule has 0 aliphatic heterocycles. The normalized spacial score (nSPS) is 12.5. The van der Waals surface area contributed by atoms with Crippen LogP contribution in [0.15, 0.2) is 18.5 Å². The number of hydrogen-bond donors (Lipinski definition) is 1. The van der Waals surface area contributed by atoms with Crippen LogP contribution in [-0.4, -0.2) is 22.3 Å². The third-order valence-corrected chi connectivity index (χ3v) is 2.87. The van der Waals surface area contributed by atoms with Crippen LogP contribution in [0, 0.1) is 5.92 Å². The summed E-state index contributed by atoms with van der Waals surface area (Å²) in [4.78, 5) is 22.8. The first kappa shape index (κ1) is 13.5. The number of nitrogens with zero attached hydrogens (tertiary/aromatic N) is 1. The number of ketones is 1. The van der Waals surface area contributed by atoms with E-state index in [1.807, 2.05) is 6.92 Å². The Kier molecular flexibility index (Phi) is 4.49.